The summed E-state index contributed by atoms with van der Waals surface area (Å²) in [5.74, 6) is 0.160. The van der Waals surface area contributed by atoms with Gasteiger partial charge in [-0.3, -0.25) is 4.79 Å². The molecule has 0 aliphatic heterocycles. The van der Waals surface area contributed by atoms with Gasteiger partial charge >= 0.3 is 5.97 Å². The average molecular weight is 186 g/mol. The second-order valence-electron chi connectivity index (χ2n) is 3.80. The predicted octanol–water partition coefficient (Wildman–Crippen LogP) is 1.35. The Morgan fingerprint density at radius 2 is 2.23 bits per heavy atom. The maximum atomic E-state index is 11.4. The third kappa shape index (κ3) is 2.69. The van der Waals surface area contributed by atoms with E-state index in [1.54, 1.807) is 0 Å². The van der Waals surface area contributed by atoms with Gasteiger partial charge in [0.05, 0.1) is 18.6 Å². The zero-order chi connectivity index (χ0) is 9.84. The summed E-state index contributed by atoms with van der Waals surface area (Å²) >= 11 is 0. The van der Waals surface area contributed by atoms with Crippen molar-refractivity contribution in [3.63, 3.8) is 0 Å². The first-order valence-corrected chi connectivity index (χ1v) is 4.99. The Labute approximate surface area is 79.1 Å². The number of esters is 1. The second-order valence-corrected chi connectivity index (χ2v) is 3.80. The lowest BCUT2D eigenvalue weighted by Crippen LogP contribution is -2.32. The number of ether oxygens (including phenoxy) is 1. The third-order valence-corrected chi connectivity index (χ3v) is 2.73. The average Bonchev–Trinajstić information content (AvgIpc) is 2.04. The highest BCUT2D eigenvalue weighted by Crippen LogP contribution is 2.30. The molecule has 3 atom stereocenters. The van der Waals surface area contributed by atoms with Crippen LogP contribution in [-0.4, -0.2) is 23.8 Å². The van der Waals surface area contributed by atoms with Crippen LogP contribution in [0.25, 0.3) is 0 Å². The number of aliphatic hydroxyl groups is 1. The van der Waals surface area contributed by atoms with Gasteiger partial charge < -0.3 is 9.84 Å². The molecule has 0 saturated heterocycles. The minimum Gasteiger partial charge on any atom is -0.466 e. The molecule has 0 unspecified atom stereocenters. The van der Waals surface area contributed by atoms with Gasteiger partial charge in [-0.15, -0.1) is 0 Å². The monoisotopic (exact) mass is 186 g/mol. The molecule has 1 N–H and O–H groups in total. The van der Waals surface area contributed by atoms with Crippen LogP contribution >= 0.6 is 0 Å². The van der Waals surface area contributed by atoms with E-state index in [-0.39, 0.29) is 23.9 Å². The summed E-state index contributed by atoms with van der Waals surface area (Å²) in [5.41, 5.74) is 0. The molecule has 1 aliphatic rings. The number of hydrogen-bond donors (Lipinski definition) is 1. The summed E-state index contributed by atoms with van der Waals surface area (Å²) in [4.78, 5) is 11.4. The van der Waals surface area contributed by atoms with Crippen molar-refractivity contribution >= 4 is 5.97 Å². The maximum absolute atomic E-state index is 11.4. The van der Waals surface area contributed by atoms with Crippen molar-refractivity contribution in [1.29, 1.82) is 0 Å². The molecular weight excluding hydrogens is 168 g/mol. The number of rotatable bonds is 2. The fraction of sp³-hybridized carbons (Fsp3) is 0.900. The first-order valence-electron chi connectivity index (χ1n) is 4.99. The maximum Gasteiger partial charge on any atom is 0.309 e. The van der Waals surface area contributed by atoms with Gasteiger partial charge in [0.2, 0.25) is 0 Å². The zero-order valence-corrected chi connectivity index (χ0v) is 8.32. The lowest BCUT2D eigenvalue weighted by molar-refractivity contribution is -0.152. The minimum absolute atomic E-state index is 0.00310. The lowest BCUT2D eigenvalue weighted by atomic mass is 9.79. The SMILES string of the molecule is CCOC(=O)[C@@H]1CC[C@@H](O)C[C@@H]1C. The van der Waals surface area contributed by atoms with Crippen LogP contribution in [0.3, 0.4) is 0 Å². The quantitative estimate of drug-likeness (QED) is 0.662. The van der Waals surface area contributed by atoms with Gasteiger partial charge in [-0.25, -0.2) is 0 Å². The van der Waals surface area contributed by atoms with Crippen LogP contribution in [0.2, 0.25) is 0 Å². The fourth-order valence-corrected chi connectivity index (χ4v) is 1.97. The summed E-state index contributed by atoms with van der Waals surface area (Å²) in [6.07, 6.45) is 2.00. The van der Waals surface area contributed by atoms with E-state index in [2.05, 4.69) is 0 Å². The summed E-state index contributed by atoms with van der Waals surface area (Å²) < 4.78 is 4.97. The van der Waals surface area contributed by atoms with Gasteiger partial charge in [-0.05, 0) is 32.1 Å². The third-order valence-electron chi connectivity index (χ3n) is 2.73. The Bertz CT molecular complexity index is 179. The van der Waals surface area contributed by atoms with E-state index in [4.69, 9.17) is 4.74 Å². The topological polar surface area (TPSA) is 46.5 Å². The van der Waals surface area contributed by atoms with Crippen molar-refractivity contribution in [3.05, 3.63) is 0 Å². The number of aliphatic hydroxyl groups excluding tert-OH is 1. The molecule has 0 aromatic carbocycles. The van der Waals surface area contributed by atoms with Crippen LogP contribution in [0.1, 0.15) is 33.1 Å². The van der Waals surface area contributed by atoms with Gasteiger partial charge in [0.25, 0.3) is 0 Å². The van der Waals surface area contributed by atoms with Crippen molar-refractivity contribution in [2.24, 2.45) is 11.8 Å². The molecule has 13 heavy (non-hydrogen) atoms. The highest BCUT2D eigenvalue weighted by molar-refractivity contribution is 5.72. The van der Waals surface area contributed by atoms with Gasteiger partial charge in [-0.1, -0.05) is 6.92 Å². The first-order chi connectivity index (χ1) is 6.15. The van der Waals surface area contributed by atoms with Crippen molar-refractivity contribution in [2.75, 3.05) is 6.61 Å². The van der Waals surface area contributed by atoms with E-state index >= 15 is 0 Å². The fourth-order valence-electron chi connectivity index (χ4n) is 1.97. The largest absolute Gasteiger partial charge is 0.466 e. The Hall–Kier alpha value is -0.570. The molecule has 0 radical (unpaired) electrons. The molecule has 1 rings (SSSR count). The smallest absolute Gasteiger partial charge is 0.309 e. The van der Waals surface area contributed by atoms with Gasteiger partial charge in [0.1, 0.15) is 0 Å². The molecular formula is C10H18O3. The molecule has 0 heterocycles. The van der Waals surface area contributed by atoms with Gasteiger partial charge in [0, 0.05) is 0 Å². The van der Waals surface area contributed by atoms with E-state index in [1.165, 1.54) is 0 Å². The Kier molecular flexibility index (Phi) is 3.72. The van der Waals surface area contributed by atoms with Gasteiger partial charge in [-0.2, -0.15) is 0 Å². The second kappa shape index (κ2) is 4.61. The van der Waals surface area contributed by atoms with Crippen LogP contribution in [0.5, 0.6) is 0 Å². The number of carbonyl (C=O) groups excluding carboxylic acids is 1. The number of carbonyl (C=O) groups is 1. The summed E-state index contributed by atoms with van der Waals surface area (Å²) in [5, 5.41) is 9.36. The van der Waals surface area contributed by atoms with Crippen LogP contribution in [0, 0.1) is 11.8 Å². The van der Waals surface area contributed by atoms with Crippen LogP contribution < -0.4 is 0 Å². The van der Waals surface area contributed by atoms with Gasteiger partial charge in [0.15, 0.2) is 0 Å². The van der Waals surface area contributed by atoms with E-state index in [9.17, 15) is 9.90 Å². The molecule has 3 heteroatoms. The van der Waals surface area contributed by atoms with E-state index in [0.29, 0.717) is 6.61 Å². The molecule has 3 nitrogen and oxygen atoms in total. The molecule has 0 amide bonds. The molecule has 76 valence electrons. The molecule has 1 aliphatic carbocycles. The molecule has 0 bridgehead atoms. The van der Waals surface area contributed by atoms with E-state index in [1.807, 2.05) is 13.8 Å². The highest BCUT2D eigenvalue weighted by Gasteiger charge is 2.32. The summed E-state index contributed by atoms with van der Waals surface area (Å²) in [7, 11) is 0. The Morgan fingerprint density at radius 3 is 2.77 bits per heavy atom. The van der Waals surface area contributed by atoms with Crippen molar-refractivity contribution in [1.82, 2.24) is 0 Å². The zero-order valence-electron chi connectivity index (χ0n) is 8.32. The molecule has 0 spiro atoms. The van der Waals surface area contributed by atoms with Crippen molar-refractivity contribution < 1.29 is 14.6 Å². The summed E-state index contributed by atoms with van der Waals surface area (Å²) in [6, 6.07) is 0. The predicted molar refractivity (Wildman–Crippen MR) is 49.1 cm³/mol. The van der Waals surface area contributed by atoms with Crippen LogP contribution in [0.4, 0.5) is 0 Å². The highest BCUT2D eigenvalue weighted by atomic mass is 16.5. The normalized spacial score (nSPS) is 34.2. The number of hydrogen-bond acceptors (Lipinski definition) is 3. The van der Waals surface area contributed by atoms with E-state index < -0.39 is 0 Å². The minimum atomic E-state index is -0.222. The first kappa shape index (κ1) is 10.5. The van der Waals surface area contributed by atoms with Crippen LogP contribution in [-0.2, 0) is 9.53 Å². The molecule has 0 aromatic heterocycles. The standard InChI is InChI=1S/C10H18O3/c1-3-13-10(12)9-5-4-8(11)6-7(9)2/h7-9,11H,3-6H2,1-2H3/t7-,8+,9+/m0/s1. The van der Waals surface area contributed by atoms with Crippen molar-refractivity contribution in [2.45, 2.75) is 39.2 Å². The van der Waals surface area contributed by atoms with Crippen molar-refractivity contribution in [3.8, 4) is 0 Å². The Morgan fingerprint density at radius 1 is 1.54 bits per heavy atom. The lowest BCUT2D eigenvalue weighted by Gasteiger charge is -2.29. The van der Waals surface area contributed by atoms with Crippen LogP contribution in [0.15, 0.2) is 0 Å². The molecule has 1 saturated carbocycles. The molecule has 1 fully saturated rings. The van der Waals surface area contributed by atoms with E-state index in [0.717, 1.165) is 19.3 Å². The summed E-state index contributed by atoms with van der Waals surface area (Å²) in [6.45, 7) is 4.27. The molecule has 0 aromatic rings. The Balaban J connectivity index is 2.45.